The third-order valence-electron chi connectivity index (χ3n) is 3.37. The SMILES string of the molecule is COc1cc(C(CCC(C)(C)OC)NN)ccc1F. The standard InChI is InChI=1S/C14H23FN2O2/c1-14(2,19-4)8-7-12(17-16)10-5-6-11(15)13(9-10)18-3/h5-6,9,12,17H,7-8,16H2,1-4H3. The Morgan fingerprint density at radius 3 is 2.58 bits per heavy atom. The van der Waals surface area contributed by atoms with E-state index in [9.17, 15) is 4.39 Å². The average molecular weight is 270 g/mol. The number of hydrazine groups is 1. The molecule has 0 saturated heterocycles. The number of methoxy groups -OCH3 is 2. The van der Waals surface area contributed by atoms with E-state index in [0.29, 0.717) is 0 Å². The highest BCUT2D eigenvalue weighted by atomic mass is 19.1. The lowest BCUT2D eigenvalue weighted by molar-refractivity contribution is 0.0117. The van der Waals surface area contributed by atoms with Crippen molar-refractivity contribution in [3.63, 3.8) is 0 Å². The zero-order valence-corrected chi connectivity index (χ0v) is 12.0. The fourth-order valence-electron chi connectivity index (χ4n) is 1.83. The number of ether oxygens (including phenoxy) is 2. The monoisotopic (exact) mass is 270 g/mol. The van der Waals surface area contributed by atoms with Crippen LogP contribution in [0.3, 0.4) is 0 Å². The molecule has 0 aliphatic rings. The minimum atomic E-state index is -0.376. The van der Waals surface area contributed by atoms with Gasteiger partial charge in [0.1, 0.15) is 0 Å². The van der Waals surface area contributed by atoms with Crippen LogP contribution in [0.2, 0.25) is 0 Å². The van der Waals surface area contributed by atoms with E-state index in [1.54, 1.807) is 19.2 Å². The maximum Gasteiger partial charge on any atom is 0.165 e. The van der Waals surface area contributed by atoms with E-state index in [1.807, 2.05) is 13.8 Å². The molecule has 5 heteroatoms. The Balaban J connectivity index is 2.80. The summed E-state index contributed by atoms with van der Waals surface area (Å²) in [6, 6.07) is 4.70. The van der Waals surface area contributed by atoms with Gasteiger partial charge < -0.3 is 9.47 Å². The molecule has 108 valence electrons. The molecule has 0 aromatic heterocycles. The summed E-state index contributed by atoms with van der Waals surface area (Å²) in [6.45, 7) is 4.04. The molecule has 0 spiro atoms. The quantitative estimate of drug-likeness (QED) is 0.590. The van der Waals surface area contributed by atoms with Crippen molar-refractivity contribution in [2.24, 2.45) is 5.84 Å². The Morgan fingerprint density at radius 2 is 2.05 bits per heavy atom. The van der Waals surface area contributed by atoms with Gasteiger partial charge in [-0.15, -0.1) is 0 Å². The molecule has 4 nitrogen and oxygen atoms in total. The van der Waals surface area contributed by atoms with Crippen LogP contribution in [-0.4, -0.2) is 19.8 Å². The second-order valence-corrected chi connectivity index (χ2v) is 5.12. The van der Waals surface area contributed by atoms with Crippen molar-refractivity contribution in [1.82, 2.24) is 5.43 Å². The topological polar surface area (TPSA) is 56.5 Å². The second kappa shape index (κ2) is 6.84. The summed E-state index contributed by atoms with van der Waals surface area (Å²) in [7, 11) is 3.13. The molecule has 3 N–H and O–H groups in total. The third kappa shape index (κ3) is 4.45. The van der Waals surface area contributed by atoms with E-state index in [2.05, 4.69) is 5.43 Å². The molecule has 0 heterocycles. The fraction of sp³-hybridized carbons (Fsp3) is 0.571. The molecule has 0 amide bonds. The average Bonchev–Trinajstić information content (AvgIpc) is 2.41. The third-order valence-corrected chi connectivity index (χ3v) is 3.37. The van der Waals surface area contributed by atoms with E-state index >= 15 is 0 Å². The Bertz CT molecular complexity index is 410. The van der Waals surface area contributed by atoms with Gasteiger partial charge in [-0.25, -0.2) is 4.39 Å². The summed E-state index contributed by atoms with van der Waals surface area (Å²) in [6.07, 6.45) is 1.62. The van der Waals surface area contributed by atoms with Gasteiger partial charge in [0, 0.05) is 13.2 Å². The summed E-state index contributed by atoms with van der Waals surface area (Å²) < 4.78 is 23.7. The molecule has 1 aromatic carbocycles. The molecule has 1 unspecified atom stereocenters. The van der Waals surface area contributed by atoms with Crippen molar-refractivity contribution in [3.05, 3.63) is 29.6 Å². The van der Waals surface area contributed by atoms with Crippen LogP contribution in [0, 0.1) is 5.82 Å². The van der Waals surface area contributed by atoms with E-state index in [0.717, 1.165) is 18.4 Å². The molecule has 0 radical (unpaired) electrons. The van der Waals surface area contributed by atoms with Crippen LogP contribution in [-0.2, 0) is 4.74 Å². The minimum absolute atomic E-state index is 0.0658. The molecule has 0 aliphatic heterocycles. The molecule has 19 heavy (non-hydrogen) atoms. The normalized spacial score (nSPS) is 13.4. The van der Waals surface area contributed by atoms with Gasteiger partial charge in [0.05, 0.1) is 12.7 Å². The van der Waals surface area contributed by atoms with E-state index in [-0.39, 0.29) is 23.2 Å². The lowest BCUT2D eigenvalue weighted by Crippen LogP contribution is -2.31. The van der Waals surface area contributed by atoms with E-state index in [4.69, 9.17) is 15.3 Å². The van der Waals surface area contributed by atoms with Gasteiger partial charge in [0.2, 0.25) is 0 Å². The zero-order valence-electron chi connectivity index (χ0n) is 12.0. The molecule has 0 fully saturated rings. The maximum absolute atomic E-state index is 13.4. The van der Waals surface area contributed by atoms with Crippen molar-refractivity contribution in [3.8, 4) is 5.75 Å². The van der Waals surface area contributed by atoms with Crippen molar-refractivity contribution >= 4 is 0 Å². The highest BCUT2D eigenvalue weighted by molar-refractivity contribution is 5.32. The van der Waals surface area contributed by atoms with Gasteiger partial charge in [0.25, 0.3) is 0 Å². The predicted molar refractivity (Wildman–Crippen MR) is 73.3 cm³/mol. The number of nitrogens with two attached hydrogens (primary N) is 1. The summed E-state index contributed by atoms with van der Waals surface area (Å²) >= 11 is 0. The highest BCUT2D eigenvalue weighted by Gasteiger charge is 2.20. The smallest absolute Gasteiger partial charge is 0.165 e. The van der Waals surface area contributed by atoms with Gasteiger partial charge in [-0.2, -0.15) is 0 Å². The van der Waals surface area contributed by atoms with Gasteiger partial charge in [-0.05, 0) is 44.4 Å². The van der Waals surface area contributed by atoms with Crippen molar-refractivity contribution in [2.75, 3.05) is 14.2 Å². The number of rotatable bonds is 7. The maximum atomic E-state index is 13.4. The van der Waals surface area contributed by atoms with Crippen LogP contribution in [0.25, 0.3) is 0 Å². The molecule has 0 aliphatic carbocycles. The molecule has 1 aromatic rings. The predicted octanol–water partition coefficient (Wildman–Crippen LogP) is 2.54. The number of nitrogens with one attached hydrogen (secondary N) is 1. The largest absolute Gasteiger partial charge is 0.494 e. The summed E-state index contributed by atoms with van der Waals surface area (Å²) in [4.78, 5) is 0. The first-order chi connectivity index (χ1) is 8.93. The van der Waals surface area contributed by atoms with Crippen molar-refractivity contribution < 1.29 is 13.9 Å². The summed E-state index contributed by atoms with van der Waals surface area (Å²) in [5.41, 5.74) is 3.44. The Hall–Kier alpha value is -1.17. The first kappa shape index (κ1) is 15.9. The first-order valence-corrected chi connectivity index (χ1v) is 6.28. The molecular weight excluding hydrogens is 247 g/mol. The molecular formula is C14H23FN2O2. The molecule has 0 bridgehead atoms. The summed E-state index contributed by atoms with van der Waals surface area (Å²) in [5.74, 6) is 5.43. The zero-order chi connectivity index (χ0) is 14.5. The lowest BCUT2D eigenvalue weighted by Gasteiger charge is -2.26. The van der Waals surface area contributed by atoms with Crippen molar-refractivity contribution in [1.29, 1.82) is 0 Å². The summed E-state index contributed by atoms with van der Waals surface area (Å²) in [5, 5.41) is 0. The van der Waals surface area contributed by atoms with E-state index < -0.39 is 0 Å². The Morgan fingerprint density at radius 1 is 1.37 bits per heavy atom. The number of benzene rings is 1. The highest BCUT2D eigenvalue weighted by Crippen LogP contribution is 2.27. The van der Waals surface area contributed by atoms with Crippen LogP contribution < -0.4 is 16.0 Å². The Labute approximate surface area is 114 Å². The molecule has 0 saturated carbocycles. The first-order valence-electron chi connectivity index (χ1n) is 6.28. The number of halogens is 1. The van der Waals surface area contributed by atoms with Gasteiger partial charge >= 0.3 is 0 Å². The number of hydrogen-bond donors (Lipinski definition) is 2. The minimum Gasteiger partial charge on any atom is -0.494 e. The van der Waals surface area contributed by atoms with Crippen molar-refractivity contribution in [2.45, 2.75) is 38.3 Å². The van der Waals surface area contributed by atoms with Crippen LogP contribution in [0.4, 0.5) is 4.39 Å². The van der Waals surface area contributed by atoms with Gasteiger partial charge in [-0.1, -0.05) is 6.07 Å². The molecule has 1 rings (SSSR count). The van der Waals surface area contributed by atoms with Gasteiger partial charge in [-0.3, -0.25) is 11.3 Å². The van der Waals surface area contributed by atoms with Gasteiger partial charge in [0.15, 0.2) is 11.6 Å². The lowest BCUT2D eigenvalue weighted by atomic mass is 9.95. The van der Waals surface area contributed by atoms with Crippen LogP contribution in [0.1, 0.15) is 38.3 Å². The fourth-order valence-corrected chi connectivity index (χ4v) is 1.83. The number of hydrogen-bond acceptors (Lipinski definition) is 4. The Kier molecular flexibility index (Phi) is 5.72. The van der Waals surface area contributed by atoms with Crippen LogP contribution in [0.5, 0.6) is 5.75 Å². The second-order valence-electron chi connectivity index (χ2n) is 5.12. The van der Waals surface area contributed by atoms with Crippen LogP contribution >= 0.6 is 0 Å². The van der Waals surface area contributed by atoms with E-state index in [1.165, 1.54) is 13.2 Å². The van der Waals surface area contributed by atoms with Crippen LogP contribution in [0.15, 0.2) is 18.2 Å². The molecule has 1 atom stereocenters.